The Morgan fingerprint density at radius 1 is 1.11 bits per heavy atom. The van der Waals surface area contributed by atoms with Crippen LogP contribution in [0.15, 0.2) is 35.7 Å². The van der Waals surface area contributed by atoms with Crippen LogP contribution >= 0.6 is 11.3 Å². The van der Waals surface area contributed by atoms with Gasteiger partial charge >= 0.3 is 0 Å². The van der Waals surface area contributed by atoms with Crippen LogP contribution in [0.2, 0.25) is 0 Å². The Labute approximate surface area is 119 Å². The van der Waals surface area contributed by atoms with Gasteiger partial charge in [-0.3, -0.25) is 0 Å². The van der Waals surface area contributed by atoms with Crippen molar-refractivity contribution in [1.82, 2.24) is 0 Å². The van der Waals surface area contributed by atoms with Crippen LogP contribution in [-0.2, 0) is 19.3 Å². The molecule has 0 bridgehead atoms. The molecule has 1 aromatic carbocycles. The summed E-state index contributed by atoms with van der Waals surface area (Å²) in [4.78, 5) is 1.44. The minimum Gasteiger partial charge on any atom is -0.324 e. The molecular formula is C17H21NS. The number of hydrogen-bond acceptors (Lipinski definition) is 2. The number of rotatable bonds is 4. The summed E-state index contributed by atoms with van der Waals surface area (Å²) in [5.74, 6) is 0. The zero-order valence-electron chi connectivity index (χ0n) is 11.3. The van der Waals surface area contributed by atoms with E-state index in [4.69, 9.17) is 5.73 Å². The van der Waals surface area contributed by atoms with Crippen LogP contribution in [-0.4, -0.2) is 0 Å². The summed E-state index contributed by atoms with van der Waals surface area (Å²) in [6, 6.07) is 11.4. The number of nitrogens with two attached hydrogens (primary N) is 1. The van der Waals surface area contributed by atoms with Gasteiger partial charge in [0.1, 0.15) is 0 Å². The summed E-state index contributed by atoms with van der Waals surface area (Å²) >= 11 is 1.83. The Morgan fingerprint density at radius 3 is 2.74 bits per heavy atom. The molecule has 2 N–H and O–H groups in total. The number of thiophene rings is 1. The molecule has 0 radical (unpaired) electrons. The highest BCUT2D eigenvalue weighted by Gasteiger charge is 2.12. The van der Waals surface area contributed by atoms with Crippen molar-refractivity contribution in [2.24, 2.45) is 5.73 Å². The molecule has 1 aromatic heterocycles. The molecule has 1 nitrogen and oxygen atoms in total. The van der Waals surface area contributed by atoms with Crippen molar-refractivity contribution >= 4 is 11.3 Å². The zero-order chi connectivity index (χ0) is 13.1. The maximum Gasteiger partial charge on any atom is 0.0298 e. The number of hydrogen-bond donors (Lipinski definition) is 1. The second-order valence-electron chi connectivity index (χ2n) is 5.46. The third-order valence-corrected chi connectivity index (χ3v) is 5.02. The molecule has 19 heavy (non-hydrogen) atoms. The van der Waals surface area contributed by atoms with E-state index in [1.165, 1.54) is 41.7 Å². The molecule has 2 aromatic rings. The lowest BCUT2D eigenvalue weighted by Gasteiger charge is -2.19. The molecular weight excluding hydrogens is 250 g/mol. The van der Waals surface area contributed by atoms with Gasteiger partial charge in [0.05, 0.1) is 0 Å². The van der Waals surface area contributed by atoms with E-state index < -0.39 is 0 Å². The molecule has 2 heteroatoms. The van der Waals surface area contributed by atoms with Gasteiger partial charge in [-0.2, -0.15) is 0 Å². The molecule has 0 aliphatic heterocycles. The van der Waals surface area contributed by atoms with Crippen LogP contribution in [0.1, 0.15) is 46.9 Å². The van der Waals surface area contributed by atoms with E-state index in [2.05, 4.69) is 35.7 Å². The predicted octanol–water partition coefficient (Wildman–Crippen LogP) is 4.26. The van der Waals surface area contributed by atoms with Crippen LogP contribution in [0.3, 0.4) is 0 Å². The largest absolute Gasteiger partial charge is 0.324 e. The van der Waals surface area contributed by atoms with Crippen molar-refractivity contribution in [1.29, 1.82) is 0 Å². The third kappa shape index (κ3) is 3.07. The molecule has 1 aliphatic carbocycles. The molecule has 0 saturated carbocycles. The maximum atomic E-state index is 6.35. The van der Waals surface area contributed by atoms with Gasteiger partial charge in [-0.05, 0) is 66.7 Å². The summed E-state index contributed by atoms with van der Waals surface area (Å²) in [5.41, 5.74) is 10.7. The molecule has 3 rings (SSSR count). The number of aryl methyl sites for hydroxylation is 3. The fraction of sp³-hybridized carbons (Fsp3) is 0.412. The summed E-state index contributed by atoms with van der Waals surface area (Å²) in [6.45, 7) is 0. The van der Waals surface area contributed by atoms with Crippen molar-refractivity contribution in [2.45, 2.75) is 44.6 Å². The first-order valence-corrected chi connectivity index (χ1v) is 8.10. The van der Waals surface area contributed by atoms with E-state index in [0.29, 0.717) is 0 Å². The predicted molar refractivity (Wildman–Crippen MR) is 82.7 cm³/mol. The van der Waals surface area contributed by atoms with Gasteiger partial charge in [-0.15, -0.1) is 11.3 Å². The van der Waals surface area contributed by atoms with E-state index in [-0.39, 0.29) is 6.04 Å². The van der Waals surface area contributed by atoms with Crippen molar-refractivity contribution in [3.05, 3.63) is 57.3 Å². The Bertz CT molecular complexity index is 530. The Morgan fingerprint density at radius 2 is 1.95 bits per heavy atom. The van der Waals surface area contributed by atoms with Gasteiger partial charge in [-0.25, -0.2) is 0 Å². The van der Waals surface area contributed by atoms with E-state index in [1.54, 1.807) is 5.56 Å². The van der Waals surface area contributed by atoms with Crippen LogP contribution < -0.4 is 5.73 Å². The quantitative estimate of drug-likeness (QED) is 0.883. The van der Waals surface area contributed by atoms with Crippen molar-refractivity contribution in [3.8, 4) is 0 Å². The number of benzene rings is 1. The number of fused-ring (bicyclic) bond motifs is 1. The van der Waals surface area contributed by atoms with Crippen LogP contribution in [0.25, 0.3) is 0 Å². The van der Waals surface area contributed by atoms with Crippen molar-refractivity contribution < 1.29 is 0 Å². The van der Waals surface area contributed by atoms with Gasteiger partial charge in [0.2, 0.25) is 0 Å². The lowest BCUT2D eigenvalue weighted by molar-refractivity contribution is 0.646. The van der Waals surface area contributed by atoms with Gasteiger partial charge in [0.25, 0.3) is 0 Å². The van der Waals surface area contributed by atoms with Gasteiger partial charge in [-0.1, -0.05) is 24.3 Å². The first kappa shape index (κ1) is 12.9. The van der Waals surface area contributed by atoms with Crippen LogP contribution in [0.5, 0.6) is 0 Å². The average molecular weight is 271 g/mol. The topological polar surface area (TPSA) is 26.0 Å². The minimum absolute atomic E-state index is 0.175. The van der Waals surface area contributed by atoms with E-state index >= 15 is 0 Å². The molecule has 0 amide bonds. The van der Waals surface area contributed by atoms with Gasteiger partial charge in [0.15, 0.2) is 0 Å². The summed E-state index contributed by atoms with van der Waals surface area (Å²) in [5, 5.41) is 2.14. The van der Waals surface area contributed by atoms with Crippen LogP contribution in [0.4, 0.5) is 0 Å². The van der Waals surface area contributed by atoms with Crippen molar-refractivity contribution in [3.63, 3.8) is 0 Å². The van der Waals surface area contributed by atoms with Crippen molar-refractivity contribution in [2.75, 3.05) is 0 Å². The second-order valence-corrected chi connectivity index (χ2v) is 6.49. The Balaban J connectivity index is 1.67. The summed E-state index contributed by atoms with van der Waals surface area (Å²) in [7, 11) is 0. The molecule has 1 atom stereocenters. The lowest BCUT2D eigenvalue weighted by atomic mass is 9.88. The van der Waals surface area contributed by atoms with E-state index in [1.807, 2.05) is 11.3 Å². The Kier molecular flexibility index (Phi) is 4.00. The molecule has 1 aliphatic rings. The highest BCUT2D eigenvalue weighted by atomic mass is 32.1. The standard InChI is InChI=1S/C17H21NS/c18-17(10-9-16-6-3-11-19-16)15-8-7-13-4-1-2-5-14(13)12-15/h3,6-8,11-12,17H,1-2,4-5,9-10,18H2. The SMILES string of the molecule is NC(CCc1cccs1)c1ccc2c(c1)CCCC2. The minimum atomic E-state index is 0.175. The van der Waals surface area contributed by atoms with Gasteiger partial charge in [0, 0.05) is 10.9 Å². The zero-order valence-corrected chi connectivity index (χ0v) is 12.1. The normalized spacial score (nSPS) is 16.1. The summed E-state index contributed by atoms with van der Waals surface area (Å²) in [6.07, 6.45) is 7.30. The molecule has 0 spiro atoms. The highest BCUT2D eigenvalue weighted by Crippen LogP contribution is 2.26. The maximum absolute atomic E-state index is 6.35. The van der Waals surface area contributed by atoms with Gasteiger partial charge < -0.3 is 5.73 Å². The first-order valence-electron chi connectivity index (χ1n) is 7.22. The average Bonchev–Trinajstić information content (AvgIpc) is 2.97. The molecule has 1 heterocycles. The smallest absolute Gasteiger partial charge is 0.0298 e. The molecule has 100 valence electrons. The third-order valence-electron chi connectivity index (χ3n) is 4.08. The summed E-state index contributed by atoms with van der Waals surface area (Å²) < 4.78 is 0. The second kappa shape index (κ2) is 5.89. The monoisotopic (exact) mass is 271 g/mol. The molecule has 1 unspecified atom stereocenters. The fourth-order valence-electron chi connectivity index (χ4n) is 2.90. The van der Waals surface area contributed by atoms with E-state index in [0.717, 1.165) is 12.8 Å². The van der Waals surface area contributed by atoms with Crippen LogP contribution in [0, 0.1) is 0 Å². The Hall–Kier alpha value is -1.12. The molecule has 0 saturated heterocycles. The highest BCUT2D eigenvalue weighted by molar-refractivity contribution is 7.09. The first-order chi connectivity index (χ1) is 9.33. The van der Waals surface area contributed by atoms with E-state index in [9.17, 15) is 0 Å². The fourth-order valence-corrected chi connectivity index (χ4v) is 3.63. The lowest BCUT2D eigenvalue weighted by Crippen LogP contribution is -2.13. The molecule has 0 fully saturated rings.